The average Bonchev–Trinajstić information content (AvgIpc) is 2.99. The van der Waals surface area contributed by atoms with Gasteiger partial charge in [-0.25, -0.2) is 4.79 Å². The molecule has 2 heterocycles. The van der Waals surface area contributed by atoms with E-state index in [2.05, 4.69) is 0 Å². The third-order valence-electron chi connectivity index (χ3n) is 7.71. The minimum atomic E-state index is -2.11. The van der Waals surface area contributed by atoms with Crippen LogP contribution in [0.4, 0.5) is 0 Å². The summed E-state index contributed by atoms with van der Waals surface area (Å²) < 4.78 is 16.1. The van der Waals surface area contributed by atoms with E-state index < -0.39 is 120 Å². The van der Waals surface area contributed by atoms with E-state index >= 15 is 0 Å². The fourth-order valence-electron chi connectivity index (χ4n) is 5.25. The molecule has 0 radical (unpaired) electrons. The number of hydrogen-bond acceptors (Lipinski definition) is 16. The molecule has 0 amide bonds. The predicted octanol–water partition coefficient (Wildman–Crippen LogP) is -1.99. The minimum Gasteiger partial charge on any atom is -0.508 e. The van der Waals surface area contributed by atoms with Crippen LogP contribution in [-0.4, -0.2) is 130 Å². The second kappa shape index (κ2) is 13.7. The van der Waals surface area contributed by atoms with Crippen molar-refractivity contribution < 1.29 is 80.0 Å². The summed E-state index contributed by atoms with van der Waals surface area (Å²) >= 11 is 0. The van der Waals surface area contributed by atoms with Gasteiger partial charge in [-0.15, -0.1) is 0 Å². The van der Waals surface area contributed by atoms with Crippen LogP contribution in [0, 0.1) is 0 Å². The summed E-state index contributed by atoms with van der Waals surface area (Å²) in [7, 11) is 0. The van der Waals surface area contributed by atoms with E-state index in [4.69, 9.17) is 14.2 Å². The molecule has 4 rings (SSSR count). The van der Waals surface area contributed by atoms with Crippen LogP contribution in [0.3, 0.4) is 0 Å². The van der Waals surface area contributed by atoms with Gasteiger partial charge >= 0.3 is 5.97 Å². The monoisotopic (exact) mass is 638 g/mol. The van der Waals surface area contributed by atoms with E-state index in [1.165, 1.54) is 30.3 Å². The SMILES string of the molecule is CC(=O)c1c(O)c([C@@H]2O[C@H](CO)[C@@H](O)[C@H](O)[C@H]2O)c(O)c([C@@H]2O[C@H](COC(=O)/C=C/c3ccc(O)cc3)[C@@H](O)[C@H](O)[C@H]2O)c1O. The number of benzene rings is 2. The van der Waals surface area contributed by atoms with Gasteiger partial charge in [-0.05, 0) is 30.7 Å². The number of rotatable bonds is 8. The molecule has 246 valence electrons. The van der Waals surface area contributed by atoms with E-state index in [0.29, 0.717) is 5.56 Å². The normalized spacial score (nSPS) is 32.0. The standard InChI is InChI=1S/C29H34O16/c1-10(31)16-21(36)17(28-26(41)24(39)19(34)13(8-30)44-28)23(38)18(22(16)37)29-27(42)25(40)20(35)14(45-29)9-43-15(33)7-4-11-2-5-12(32)6-3-11/h2-7,13-14,19-20,24-30,32,34-42H,8-9H2,1H3/b7-4+/t13-,14-,19-,20-,24+,25+,26-,27-,28+,29+/m1/s1. The lowest BCUT2D eigenvalue weighted by Gasteiger charge is -2.42. The first-order valence-corrected chi connectivity index (χ1v) is 13.6. The fourth-order valence-corrected chi connectivity index (χ4v) is 5.25. The molecule has 0 aliphatic carbocycles. The second-order valence-electron chi connectivity index (χ2n) is 10.7. The number of ketones is 1. The number of phenolic OH excluding ortho intramolecular Hbond substituents is 4. The maximum atomic E-state index is 12.5. The number of esters is 1. The summed E-state index contributed by atoms with van der Waals surface area (Å²) in [6, 6.07) is 5.80. The third kappa shape index (κ3) is 6.60. The van der Waals surface area contributed by atoms with Crippen LogP contribution in [0.5, 0.6) is 23.0 Å². The zero-order valence-corrected chi connectivity index (χ0v) is 23.6. The Hall–Kier alpha value is -3.84. The largest absolute Gasteiger partial charge is 0.508 e. The Kier molecular flexibility index (Phi) is 10.3. The average molecular weight is 639 g/mol. The number of aliphatic hydroxyl groups excluding tert-OH is 7. The summed E-state index contributed by atoms with van der Waals surface area (Å²) in [6.45, 7) is -0.692. The molecular weight excluding hydrogens is 604 g/mol. The Morgan fingerprint density at radius 2 is 1.22 bits per heavy atom. The van der Waals surface area contributed by atoms with E-state index in [-0.39, 0.29) is 5.75 Å². The predicted molar refractivity (Wildman–Crippen MR) is 148 cm³/mol. The van der Waals surface area contributed by atoms with E-state index in [9.17, 15) is 65.8 Å². The van der Waals surface area contributed by atoms with Crippen LogP contribution < -0.4 is 0 Å². The summed E-state index contributed by atoms with van der Waals surface area (Å²) in [5.74, 6) is -5.27. The second-order valence-corrected chi connectivity index (χ2v) is 10.7. The molecule has 16 heteroatoms. The maximum absolute atomic E-state index is 12.5. The number of aliphatic hydroxyl groups is 7. The third-order valence-corrected chi connectivity index (χ3v) is 7.71. The van der Waals surface area contributed by atoms with Crippen LogP contribution in [-0.2, 0) is 19.0 Å². The van der Waals surface area contributed by atoms with Crippen LogP contribution >= 0.6 is 0 Å². The van der Waals surface area contributed by atoms with Gasteiger partial charge in [0.05, 0.1) is 17.7 Å². The molecule has 11 N–H and O–H groups in total. The van der Waals surface area contributed by atoms with E-state index in [0.717, 1.165) is 13.0 Å². The summed E-state index contributed by atoms with van der Waals surface area (Å²) in [6.07, 6.45) is -16.5. The highest BCUT2D eigenvalue weighted by Gasteiger charge is 2.50. The van der Waals surface area contributed by atoms with Crippen LogP contribution in [0.25, 0.3) is 6.08 Å². The quantitative estimate of drug-likeness (QED) is 0.0847. The van der Waals surface area contributed by atoms with E-state index in [1.807, 2.05) is 0 Å². The first-order valence-electron chi connectivity index (χ1n) is 13.6. The van der Waals surface area contributed by atoms with Crippen LogP contribution in [0.2, 0.25) is 0 Å². The van der Waals surface area contributed by atoms with Gasteiger partial charge in [0.25, 0.3) is 0 Å². The number of carbonyl (C=O) groups excluding carboxylic acids is 2. The summed E-state index contributed by atoms with van der Waals surface area (Å²) in [5, 5.41) is 115. The molecule has 2 aliphatic rings. The zero-order chi connectivity index (χ0) is 33.3. The van der Waals surface area contributed by atoms with Gasteiger partial charge in [0.1, 0.15) is 96.2 Å². The van der Waals surface area contributed by atoms with E-state index in [1.54, 1.807) is 0 Å². The Morgan fingerprint density at radius 1 is 0.733 bits per heavy atom. The Labute approximate surface area is 254 Å². The van der Waals surface area contributed by atoms with Crippen molar-refractivity contribution >= 4 is 17.8 Å². The van der Waals surface area contributed by atoms with Crippen LogP contribution in [0.1, 0.15) is 46.2 Å². The van der Waals surface area contributed by atoms with Crippen molar-refractivity contribution in [1.29, 1.82) is 0 Å². The first kappa shape index (κ1) is 34.0. The van der Waals surface area contributed by atoms with Crippen molar-refractivity contribution in [2.75, 3.05) is 13.2 Å². The molecule has 0 spiro atoms. The summed E-state index contributed by atoms with van der Waals surface area (Å²) in [5.41, 5.74) is -1.93. The Bertz CT molecular complexity index is 1420. The highest BCUT2D eigenvalue weighted by Crippen LogP contribution is 2.52. The number of hydrogen-bond donors (Lipinski definition) is 11. The summed E-state index contributed by atoms with van der Waals surface area (Å²) in [4.78, 5) is 24.8. The molecule has 0 saturated carbocycles. The van der Waals surface area contributed by atoms with Crippen molar-refractivity contribution in [3.63, 3.8) is 0 Å². The molecule has 2 fully saturated rings. The van der Waals surface area contributed by atoms with Crippen molar-refractivity contribution in [3.05, 3.63) is 52.6 Å². The lowest BCUT2D eigenvalue weighted by atomic mass is 9.84. The maximum Gasteiger partial charge on any atom is 0.330 e. The van der Waals surface area contributed by atoms with Crippen LogP contribution in [0.15, 0.2) is 30.3 Å². The van der Waals surface area contributed by atoms with Gasteiger partial charge in [0.2, 0.25) is 0 Å². The smallest absolute Gasteiger partial charge is 0.330 e. The Balaban J connectivity index is 1.68. The number of ether oxygens (including phenoxy) is 3. The lowest BCUT2D eigenvalue weighted by molar-refractivity contribution is -0.235. The number of aromatic hydroxyl groups is 4. The highest BCUT2D eigenvalue weighted by atomic mass is 16.6. The van der Waals surface area contributed by atoms with Gasteiger partial charge in [-0.2, -0.15) is 0 Å². The van der Waals surface area contributed by atoms with Crippen molar-refractivity contribution in [2.45, 2.75) is 68.0 Å². The first-order chi connectivity index (χ1) is 21.2. The Morgan fingerprint density at radius 3 is 1.71 bits per heavy atom. The molecule has 2 aromatic rings. The van der Waals surface area contributed by atoms with Gasteiger partial charge < -0.3 is 70.4 Å². The molecule has 2 saturated heterocycles. The number of phenols is 4. The highest BCUT2D eigenvalue weighted by molar-refractivity contribution is 6.01. The molecule has 2 aliphatic heterocycles. The van der Waals surface area contributed by atoms with Crippen molar-refractivity contribution in [2.24, 2.45) is 0 Å². The molecule has 0 bridgehead atoms. The van der Waals surface area contributed by atoms with Crippen molar-refractivity contribution in [3.8, 4) is 23.0 Å². The zero-order valence-electron chi connectivity index (χ0n) is 23.6. The van der Waals surface area contributed by atoms with Gasteiger partial charge in [-0.3, -0.25) is 4.79 Å². The lowest BCUT2D eigenvalue weighted by Crippen LogP contribution is -2.56. The van der Waals surface area contributed by atoms with Crippen molar-refractivity contribution in [1.82, 2.24) is 0 Å². The minimum absolute atomic E-state index is 0.00916. The van der Waals surface area contributed by atoms with Gasteiger partial charge in [0.15, 0.2) is 5.78 Å². The van der Waals surface area contributed by atoms with Gasteiger partial charge in [0, 0.05) is 6.08 Å². The molecule has 0 unspecified atom stereocenters. The number of carbonyl (C=O) groups is 2. The fraction of sp³-hybridized carbons (Fsp3) is 0.448. The number of Topliss-reactive ketones (excluding diaryl/α,β-unsaturated/α-hetero) is 1. The molecular formula is C29H34O16. The van der Waals surface area contributed by atoms with Gasteiger partial charge in [-0.1, -0.05) is 12.1 Å². The molecule has 16 nitrogen and oxygen atoms in total. The topological polar surface area (TPSA) is 284 Å². The molecule has 0 aromatic heterocycles. The molecule has 10 atom stereocenters. The molecule has 45 heavy (non-hydrogen) atoms. The molecule has 2 aromatic carbocycles.